The molecule has 1 unspecified atom stereocenters. The number of likely N-dealkylation sites (tertiary alicyclic amines) is 1. The highest BCUT2D eigenvalue weighted by Gasteiger charge is 2.39. The zero-order chi connectivity index (χ0) is 14.3. The summed E-state index contributed by atoms with van der Waals surface area (Å²) in [6.07, 6.45) is 18.3. The van der Waals surface area contributed by atoms with Crippen molar-refractivity contribution in [2.75, 3.05) is 13.1 Å². The zero-order valence-corrected chi connectivity index (χ0v) is 13.7. The Bertz CT molecular complexity index is 252. The van der Waals surface area contributed by atoms with Crippen molar-refractivity contribution in [1.82, 2.24) is 4.90 Å². The van der Waals surface area contributed by atoms with Gasteiger partial charge in [-0.15, -0.1) is 0 Å². The lowest BCUT2D eigenvalue weighted by Gasteiger charge is -2.44. The second kappa shape index (κ2) is 8.38. The minimum absolute atomic E-state index is 0.328. The topological polar surface area (TPSA) is 29.3 Å². The Hall–Kier alpha value is -0.0800. The first kappa shape index (κ1) is 16.3. The molecule has 2 rings (SSSR count). The first-order valence-electron chi connectivity index (χ1n) is 9.25. The minimum atomic E-state index is 0.328. The second-order valence-electron chi connectivity index (χ2n) is 7.30. The van der Waals surface area contributed by atoms with Crippen LogP contribution in [0.15, 0.2) is 0 Å². The molecule has 1 saturated heterocycles. The zero-order valence-electron chi connectivity index (χ0n) is 13.7. The van der Waals surface area contributed by atoms with Crippen molar-refractivity contribution in [3.8, 4) is 0 Å². The molecule has 2 N–H and O–H groups in total. The summed E-state index contributed by atoms with van der Waals surface area (Å²) < 4.78 is 0. The van der Waals surface area contributed by atoms with Gasteiger partial charge in [-0.1, -0.05) is 57.8 Å². The summed E-state index contributed by atoms with van der Waals surface area (Å²) in [5, 5.41) is 0. The SMILES string of the molecule is CC1CCCN1C1(CN)CCCCCCCCCCC1. The van der Waals surface area contributed by atoms with Gasteiger partial charge < -0.3 is 5.73 Å². The van der Waals surface area contributed by atoms with Gasteiger partial charge in [-0.05, 0) is 39.2 Å². The fourth-order valence-corrected chi connectivity index (χ4v) is 4.52. The summed E-state index contributed by atoms with van der Waals surface area (Å²) in [7, 11) is 0. The van der Waals surface area contributed by atoms with Gasteiger partial charge in [0.2, 0.25) is 0 Å². The fraction of sp³-hybridized carbons (Fsp3) is 1.00. The number of rotatable bonds is 2. The van der Waals surface area contributed by atoms with Gasteiger partial charge in [0.05, 0.1) is 0 Å². The van der Waals surface area contributed by atoms with Gasteiger partial charge in [0, 0.05) is 18.1 Å². The first-order chi connectivity index (χ1) is 9.78. The smallest absolute Gasteiger partial charge is 0.0334 e. The molecule has 1 heterocycles. The maximum Gasteiger partial charge on any atom is 0.0334 e. The van der Waals surface area contributed by atoms with Gasteiger partial charge in [0.15, 0.2) is 0 Å². The molecule has 0 aromatic carbocycles. The summed E-state index contributed by atoms with van der Waals surface area (Å²) in [6, 6.07) is 0.756. The fourth-order valence-electron chi connectivity index (χ4n) is 4.52. The van der Waals surface area contributed by atoms with Crippen LogP contribution >= 0.6 is 0 Å². The lowest BCUT2D eigenvalue weighted by atomic mass is 9.83. The summed E-state index contributed by atoms with van der Waals surface area (Å²) in [5.41, 5.74) is 6.65. The Morgan fingerprint density at radius 2 is 1.35 bits per heavy atom. The van der Waals surface area contributed by atoms with Crippen LogP contribution in [0.4, 0.5) is 0 Å². The van der Waals surface area contributed by atoms with Crippen LogP contribution in [0.1, 0.15) is 90.4 Å². The average Bonchev–Trinajstić information content (AvgIpc) is 2.87. The van der Waals surface area contributed by atoms with E-state index in [0.29, 0.717) is 5.54 Å². The van der Waals surface area contributed by atoms with Crippen LogP contribution in [-0.4, -0.2) is 29.6 Å². The van der Waals surface area contributed by atoms with Crippen molar-refractivity contribution in [3.63, 3.8) is 0 Å². The molecular formula is C18H36N2. The highest BCUT2D eigenvalue weighted by molar-refractivity contribution is 4.96. The molecule has 0 spiro atoms. The third-order valence-electron chi connectivity index (χ3n) is 5.83. The highest BCUT2D eigenvalue weighted by atomic mass is 15.2. The molecule has 0 amide bonds. The van der Waals surface area contributed by atoms with Crippen molar-refractivity contribution >= 4 is 0 Å². The maximum atomic E-state index is 6.32. The van der Waals surface area contributed by atoms with Crippen LogP contribution in [0.3, 0.4) is 0 Å². The summed E-state index contributed by atoms with van der Waals surface area (Å²) in [6.45, 7) is 4.58. The molecule has 0 aromatic rings. The quantitative estimate of drug-likeness (QED) is 0.808. The Kier molecular flexibility index (Phi) is 6.83. The van der Waals surface area contributed by atoms with Gasteiger partial charge in [-0.3, -0.25) is 4.90 Å². The monoisotopic (exact) mass is 280 g/mol. The molecule has 0 aromatic heterocycles. The summed E-state index contributed by atoms with van der Waals surface area (Å²) in [4.78, 5) is 2.79. The molecule has 118 valence electrons. The van der Waals surface area contributed by atoms with E-state index in [2.05, 4.69) is 11.8 Å². The maximum absolute atomic E-state index is 6.32. The standard InChI is InChI=1S/C18H36N2/c1-17-12-11-15-20(17)18(16-19)13-9-7-5-3-2-4-6-8-10-14-18/h17H,2-16,19H2,1H3. The molecule has 2 aliphatic rings. The van der Waals surface area contributed by atoms with E-state index in [0.717, 1.165) is 12.6 Å². The van der Waals surface area contributed by atoms with Gasteiger partial charge in [-0.2, -0.15) is 0 Å². The van der Waals surface area contributed by atoms with Crippen molar-refractivity contribution in [3.05, 3.63) is 0 Å². The molecule has 20 heavy (non-hydrogen) atoms. The van der Waals surface area contributed by atoms with Gasteiger partial charge in [0.1, 0.15) is 0 Å². The largest absolute Gasteiger partial charge is 0.329 e. The highest BCUT2D eigenvalue weighted by Crippen LogP contribution is 2.35. The second-order valence-corrected chi connectivity index (χ2v) is 7.30. The van der Waals surface area contributed by atoms with Crippen molar-refractivity contribution < 1.29 is 0 Å². The van der Waals surface area contributed by atoms with E-state index in [4.69, 9.17) is 5.73 Å². The van der Waals surface area contributed by atoms with Crippen molar-refractivity contribution in [2.45, 2.75) is 102 Å². The molecule has 0 radical (unpaired) electrons. The normalized spacial score (nSPS) is 30.6. The third kappa shape index (κ3) is 4.21. The number of hydrogen-bond donors (Lipinski definition) is 1. The van der Waals surface area contributed by atoms with E-state index >= 15 is 0 Å². The number of nitrogens with two attached hydrogens (primary N) is 1. The van der Waals surface area contributed by atoms with Crippen LogP contribution in [0.2, 0.25) is 0 Å². The van der Waals surface area contributed by atoms with Crippen LogP contribution in [0.25, 0.3) is 0 Å². The van der Waals surface area contributed by atoms with E-state index in [1.54, 1.807) is 0 Å². The van der Waals surface area contributed by atoms with E-state index in [9.17, 15) is 0 Å². The molecule has 2 fully saturated rings. The van der Waals surface area contributed by atoms with Crippen molar-refractivity contribution in [2.24, 2.45) is 5.73 Å². The number of nitrogens with zero attached hydrogens (tertiary/aromatic N) is 1. The molecule has 1 saturated carbocycles. The van der Waals surface area contributed by atoms with Crippen LogP contribution in [0.5, 0.6) is 0 Å². The Morgan fingerprint density at radius 3 is 1.75 bits per heavy atom. The Morgan fingerprint density at radius 1 is 0.850 bits per heavy atom. The van der Waals surface area contributed by atoms with E-state index in [-0.39, 0.29) is 0 Å². The molecule has 2 heteroatoms. The minimum Gasteiger partial charge on any atom is -0.329 e. The lowest BCUT2D eigenvalue weighted by Crippen LogP contribution is -2.55. The third-order valence-corrected chi connectivity index (χ3v) is 5.83. The predicted molar refractivity (Wildman–Crippen MR) is 88.0 cm³/mol. The van der Waals surface area contributed by atoms with Crippen LogP contribution in [-0.2, 0) is 0 Å². The molecule has 0 bridgehead atoms. The predicted octanol–water partition coefficient (Wildman–Crippen LogP) is 4.47. The molecule has 1 atom stereocenters. The lowest BCUT2D eigenvalue weighted by molar-refractivity contribution is 0.0642. The summed E-state index contributed by atoms with van der Waals surface area (Å²) >= 11 is 0. The van der Waals surface area contributed by atoms with Crippen molar-refractivity contribution in [1.29, 1.82) is 0 Å². The average molecular weight is 280 g/mol. The van der Waals surface area contributed by atoms with E-state index < -0.39 is 0 Å². The first-order valence-corrected chi connectivity index (χ1v) is 9.25. The van der Waals surface area contributed by atoms with E-state index in [1.807, 2.05) is 0 Å². The Balaban J connectivity index is 2.00. The van der Waals surface area contributed by atoms with E-state index in [1.165, 1.54) is 90.0 Å². The molecule has 2 nitrogen and oxygen atoms in total. The molecule has 1 aliphatic heterocycles. The summed E-state index contributed by atoms with van der Waals surface area (Å²) in [5.74, 6) is 0. The number of hydrogen-bond acceptors (Lipinski definition) is 2. The van der Waals surface area contributed by atoms with Gasteiger partial charge in [-0.25, -0.2) is 0 Å². The van der Waals surface area contributed by atoms with Gasteiger partial charge >= 0.3 is 0 Å². The van der Waals surface area contributed by atoms with Gasteiger partial charge in [0.25, 0.3) is 0 Å². The van der Waals surface area contributed by atoms with Crippen LogP contribution < -0.4 is 5.73 Å². The Labute approximate surface area is 126 Å². The molecular weight excluding hydrogens is 244 g/mol. The van der Waals surface area contributed by atoms with Crippen LogP contribution in [0, 0.1) is 0 Å². The molecule has 1 aliphatic carbocycles.